The lowest BCUT2D eigenvalue weighted by Gasteiger charge is -2.00. The molecule has 0 atom stereocenters. The summed E-state index contributed by atoms with van der Waals surface area (Å²) in [7, 11) is 1.92. The highest BCUT2D eigenvalue weighted by Gasteiger charge is 2.31. The second-order valence-electron chi connectivity index (χ2n) is 5.61. The van der Waals surface area contributed by atoms with E-state index in [1.807, 2.05) is 36.0 Å². The van der Waals surface area contributed by atoms with Gasteiger partial charge in [-0.3, -0.25) is 4.79 Å². The summed E-state index contributed by atoms with van der Waals surface area (Å²) in [5, 5.41) is 20.4. The molecule has 4 rings (SSSR count). The van der Waals surface area contributed by atoms with Gasteiger partial charge in [-0.1, -0.05) is 12.1 Å². The summed E-state index contributed by atoms with van der Waals surface area (Å²) >= 11 is 3.53. The van der Waals surface area contributed by atoms with Crippen LogP contribution in [0.2, 0.25) is 0 Å². The fraction of sp³-hybridized carbons (Fsp3) is 0.0556. The minimum atomic E-state index is -0.408. The molecule has 0 saturated carbocycles. The predicted molar refractivity (Wildman–Crippen MR) is 93.3 cm³/mol. The topological polar surface area (TPSA) is 71.7 Å². The van der Waals surface area contributed by atoms with Crippen molar-refractivity contribution < 1.29 is 19.7 Å². The predicted octanol–water partition coefficient (Wildman–Crippen LogP) is 3.97. The van der Waals surface area contributed by atoms with Crippen molar-refractivity contribution in [1.29, 1.82) is 0 Å². The van der Waals surface area contributed by atoms with Crippen LogP contribution in [0.25, 0.3) is 17.0 Å². The average Bonchev–Trinajstić information content (AvgIpc) is 2.99. The SMILES string of the molecule is Cn1cc(/C=C2/Oc3cc(O)cc(O)c3C2=O)c2cccc(Br)c21. The van der Waals surface area contributed by atoms with Gasteiger partial charge in [0.2, 0.25) is 5.78 Å². The molecule has 6 heteroatoms. The number of aromatic hydroxyl groups is 2. The van der Waals surface area contributed by atoms with Gasteiger partial charge in [0.05, 0.1) is 5.52 Å². The van der Waals surface area contributed by atoms with Crippen LogP contribution >= 0.6 is 15.9 Å². The fourth-order valence-corrected chi connectivity index (χ4v) is 3.63. The lowest BCUT2D eigenvalue weighted by Crippen LogP contribution is -1.98. The van der Waals surface area contributed by atoms with Gasteiger partial charge in [0.25, 0.3) is 0 Å². The Labute approximate surface area is 145 Å². The maximum atomic E-state index is 12.5. The number of fused-ring (bicyclic) bond motifs is 2. The maximum absolute atomic E-state index is 12.5. The molecule has 1 aromatic heterocycles. The van der Waals surface area contributed by atoms with Crippen LogP contribution in [-0.4, -0.2) is 20.6 Å². The number of phenols is 2. The van der Waals surface area contributed by atoms with Gasteiger partial charge in [-0.2, -0.15) is 0 Å². The number of halogens is 1. The highest BCUT2D eigenvalue weighted by Crippen LogP contribution is 2.41. The van der Waals surface area contributed by atoms with E-state index in [1.54, 1.807) is 6.08 Å². The smallest absolute Gasteiger partial charge is 0.235 e. The molecule has 0 bridgehead atoms. The number of benzene rings is 2. The Kier molecular flexibility index (Phi) is 3.18. The minimum absolute atomic E-state index is 0.0699. The van der Waals surface area contributed by atoms with E-state index in [1.165, 1.54) is 6.07 Å². The zero-order valence-electron chi connectivity index (χ0n) is 12.6. The van der Waals surface area contributed by atoms with Crippen LogP contribution in [-0.2, 0) is 7.05 Å². The number of aryl methyl sites for hydroxylation is 1. The number of ether oxygens (including phenoxy) is 1. The Balaban J connectivity index is 1.86. The molecule has 0 radical (unpaired) electrons. The molecule has 0 amide bonds. The number of para-hydroxylation sites is 1. The summed E-state index contributed by atoms with van der Waals surface area (Å²) in [6.45, 7) is 0. The molecule has 5 nitrogen and oxygen atoms in total. The molecule has 0 aliphatic carbocycles. The van der Waals surface area contributed by atoms with Crippen molar-refractivity contribution >= 4 is 38.7 Å². The van der Waals surface area contributed by atoms with E-state index in [-0.39, 0.29) is 28.6 Å². The van der Waals surface area contributed by atoms with Crippen molar-refractivity contribution in [3.63, 3.8) is 0 Å². The van der Waals surface area contributed by atoms with Crippen LogP contribution in [0, 0.1) is 0 Å². The number of hydrogen-bond donors (Lipinski definition) is 2. The molecule has 1 aliphatic heterocycles. The van der Waals surface area contributed by atoms with Crippen LogP contribution in [0.4, 0.5) is 0 Å². The number of carbonyl (C=O) groups excluding carboxylic acids is 1. The number of aromatic nitrogens is 1. The van der Waals surface area contributed by atoms with Gasteiger partial charge in [-0.05, 0) is 28.1 Å². The Morgan fingerprint density at radius 3 is 2.83 bits per heavy atom. The van der Waals surface area contributed by atoms with Crippen molar-refractivity contribution in [2.45, 2.75) is 0 Å². The third-order valence-electron chi connectivity index (χ3n) is 4.01. The molecule has 2 aromatic carbocycles. The van der Waals surface area contributed by atoms with E-state index in [4.69, 9.17) is 4.74 Å². The molecule has 1 aliphatic rings. The van der Waals surface area contributed by atoms with Crippen LogP contribution < -0.4 is 4.74 Å². The van der Waals surface area contributed by atoms with Crippen molar-refractivity contribution in [2.75, 3.05) is 0 Å². The third-order valence-corrected chi connectivity index (χ3v) is 4.65. The Morgan fingerprint density at radius 1 is 1.25 bits per heavy atom. The van der Waals surface area contributed by atoms with E-state index < -0.39 is 5.78 Å². The zero-order valence-corrected chi connectivity index (χ0v) is 14.2. The van der Waals surface area contributed by atoms with E-state index in [0.29, 0.717) is 0 Å². The number of carbonyl (C=O) groups is 1. The van der Waals surface area contributed by atoms with Crippen LogP contribution in [0.1, 0.15) is 15.9 Å². The Hall–Kier alpha value is -2.73. The first-order valence-corrected chi connectivity index (χ1v) is 7.99. The standard InChI is InChI=1S/C18H12BrNO4/c1-20-8-9(11-3-2-4-12(19)17(11)20)5-15-18(23)16-13(22)6-10(21)7-14(16)24-15/h2-8,21-22H,1H3/b15-5+. The van der Waals surface area contributed by atoms with Gasteiger partial charge in [0.15, 0.2) is 5.76 Å². The molecule has 24 heavy (non-hydrogen) atoms. The molecular formula is C18H12BrNO4. The second-order valence-corrected chi connectivity index (χ2v) is 6.46. The van der Waals surface area contributed by atoms with Crippen molar-refractivity contribution in [3.05, 3.63) is 57.9 Å². The van der Waals surface area contributed by atoms with Crippen molar-refractivity contribution in [2.24, 2.45) is 7.05 Å². The van der Waals surface area contributed by atoms with Gasteiger partial charge < -0.3 is 19.5 Å². The summed E-state index contributed by atoms with van der Waals surface area (Å²) in [6, 6.07) is 8.27. The molecule has 0 fully saturated rings. The van der Waals surface area contributed by atoms with E-state index >= 15 is 0 Å². The van der Waals surface area contributed by atoms with Crippen LogP contribution in [0.15, 0.2) is 46.8 Å². The summed E-state index contributed by atoms with van der Waals surface area (Å²) < 4.78 is 8.46. The largest absolute Gasteiger partial charge is 0.508 e. The quantitative estimate of drug-likeness (QED) is 0.621. The minimum Gasteiger partial charge on any atom is -0.508 e. The number of Topliss-reactive ketones (excluding diaryl/α,β-unsaturated/α-hetero) is 1. The number of rotatable bonds is 1. The molecule has 0 saturated heterocycles. The normalized spacial score (nSPS) is 15.1. The van der Waals surface area contributed by atoms with E-state index in [0.717, 1.165) is 27.0 Å². The van der Waals surface area contributed by atoms with E-state index in [2.05, 4.69) is 15.9 Å². The lowest BCUT2D eigenvalue weighted by atomic mass is 10.1. The monoisotopic (exact) mass is 385 g/mol. The fourth-order valence-electron chi connectivity index (χ4n) is 2.98. The molecule has 2 N–H and O–H groups in total. The van der Waals surface area contributed by atoms with Gasteiger partial charge in [0, 0.05) is 40.8 Å². The molecule has 0 spiro atoms. The summed E-state index contributed by atoms with van der Waals surface area (Å²) in [5.41, 5.74) is 1.90. The first-order chi connectivity index (χ1) is 11.5. The number of ketones is 1. The molecular weight excluding hydrogens is 374 g/mol. The number of nitrogens with zero attached hydrogens (tertiary/aromatic N) is 1. The number of phenolic OH excluding ortho intramolecular Hbond substituents is 2. The molecule has 2 heterocycles. The van der Waals surface area contributed by atoms with Crippen LogP contribution in [0.3, 0.4) is 0 Å². The van der Waals surface area contributed by atoms with E-state index in [9.17, 15) is 15.0 Å². The van der Waals surface area contributed by atoms with Gasteiger partial charge in [-0.15, -0.1) is 0 Å². The van der Waals surface area contributed by atoms with Crippen molar-refractivity contribution in [1.82, 2.24) is 4.57 Å². The third kappa shape index (κ3) is 2.11. The van der Waals surface area contributed by atoms with Crippen molar-refractivity contribution in [3.8, 4) is 17.2 Å². The van der Waals surface area contributed by atoms with Gasteiger partial charge in [-0.25, -0.2) is 0 Å². The highest BCUT2D eigenvalue weighted by atomic mass is 79.9. The zero-order chi connectivity index (χ0) is 17.0. The van der Waals surface area contributed by atoms with Gasteiger partial charge in [0.1, 0.15) is 22.8 Å². The maximum Gasteiger partial charge on any atom is 0.235 e. The number of hydrogen-bond acceptors (Lipinski definition) is 4. The summed E-state index contributed by atoms with van der Waals surface area (Å²) in [4.78, 5) is 12.5. The summed E-state index contributed by atoms with van der Waals surface area (Å²) in [6.07, 6.45) is 3.55. The average molecular weight is 386 g/mol. The summed E-state index contributed by atoms with van der Waals surface area (Å²) in [5.74, 6) is -0.591. The van der Waals surface area contributed by atoms with Crippen LogP contribution in [0.5, 0.6) is 17.2 Å². The Morgan fingerprint density at radius 2 is 2.04 bits per heavy atom. The second kappa shape index (κ2) is 5.14. The first kappa shape index (κ1) is 14.8. The molecule has 3 aromatic rings. The molecule has 120 valence electrons. The highest BCUT2D eigenvalue weighted by molar-refractivity contribution is 9.10. The van der Waals surface area contributed by atoms with Gasteiger partial charge >= 0.3 is 0 Å². The number of allylic oxidation sites excluding steroid dienone is 1. The molecule has 0 unspecified atom stereocenters. The lowest BCUT2D eigenvalue weighted by molar-refractivity contribution is 0.101. The Bertz CT molecular complexity index is 1050. The first-order valence-electron chi connectivity index (χ1n) is 7.19.